The monoisotopic (exact) mass is 253 g/mol. The van der Waals surface area contributed by atoms with Crippen molar-refractivity contribution in [3.63, 3.8) is 0 Å². The summed E-state index contributed by atoms with van der Waals surface area (Å²) in [7, 11) is 0. The minimum absolute atomic E-state index is 0.146. The van der Waals surface area contributed by atoms with Crippen molar-refractivity contribution in [3.05, 3.63) is 40.4 Å². The Bertz CT molecular complexity index is 482. The molecule has 72 valence electrons. The lowest BCUT2D eigenvalue weighted by Gasteiger charge is -2.06. The normalized spacial score (nSPS) is 10.8. The predicted octanol–water partition coefficient (Wildman–Crippen LogP) is 3.70. The lowest BCUT2D eigenvalue weighted by atomic mass is 10.0. The van der Waals surface area contributed by atoms with Crippen LogP contribution in [0.4, 0.5) is 4.39 Å². The molecular weight excluding hydrogens is 245 g/mol. The van der Waals surface area contributed by atoms with Crippen LogP contribution in [-0.2, 0) is 6.42 Å². The average molecular weight is 254 g/mol. The van der Waals surface area contributed by atoms with Crippen molar-refractivity contribution in [2.24, 2.45) is 0 Å². The van der Waals surface area contributed by atoms with E-state index < -0.39 is 0 Å². The summed E-state index contributed by atoms with van der Waals surface area (Å²) < 4.78 is 14.3. The summed E-state index contributed by atoms with van der Waals surface area (Å²) in [6.45, 7) is 1.95. The fourth-order valence-electron chi connectivity index (χ4n) is 1.62. The molecular formula is C11H9BrFN. The van der Waals surface area contributed by atoms with Crippen molar-refractivity contribution < 1.29 is 4.39 Å². The number of aromatic nitrogens is 1. The molecule has 0 aliphatic heterocycles. The molecule has 1 aromatic carbocycles. The topological polar surface area (TPSA) is 12.9 Å². The fraction of sp³-hybridized carbons (Fsp3) is 0.182. The van der Waals surface area contributed by atoms with Gasteiger partial charge in [0.15, 0.2) is 0 Å². The first-order valence-electron chi connectivity index (χ1n) is 4.44. The maximum Gasteiger partial charge on any atom is 0.127 e. The second-order valence-electron chi connectivity index (χ2n) is 3.10. The van der Waals surface area contributed by atoms with E-state index in [1.165, 1.54) is 6.07 Å². The Hall–Kier alpha value is -0.960. The molecule has 3 heteroatoms. The molecule has 2 rings (SSSR count). The molecule has 0 saturated carbocycles. The molecule has 1 heterocycles. The average Bonchev–Trinajstić information content (AvgIpc) is 2.19. The summed E-state index contributed by atoms with van der Waals surface area (Å²) in [5.74, 6) is -0.146. The summed E-state index contributed by atoms with van der Waals surface area (Å²) in [4.78, 5) is 4.05. The molecule has 0 saturated heterocycles. The highest BCUT2D eigenvalue weighted by Gasteiger charge is 2.08. The largest absolute Gasteiger partial charge is 0.263 e. The summed E-state index contributed by atoms with van der Waals surface area (Å²) in [6.07, 6.45) is 4.13. The molecule has 0 aliphatic rings. The molecule has 1 aromatic heterocycles. The van der Waals surface area contributed by atoms with Crippen LogP contribution in [0.25, 0.3) is 10.8 Å². The highest BCUT2D eigenvalue weighted by atomic mass is 79.9. The predicted molar refractivity (Wildman–Crippen MR) is 58.8 cm³/mol. The van der Waals surface area contributed by atoms with Crippen molar-refractivity contribution in [3.8, 4) is 0 Å². The van der Waals surface area contributed by atoms with Gasteiger partial charge < -0.3 is 0 Å². The van der Waals surface area contributed by atoms with Crippen LogP contribution in [0.2, 0.25) is 0 Å². The molecule has 0 spiro atoms. The molecule has 0 unspecified atom stereocenters. The lowest BCUT2D eigenvalue weighted by Crippen LogP contribution is -1.91. The van der Waals surface area contributed by atoms with Gasteiger partial charge in [0.05, 0.1) is 0 Å². The van der Waals surface area contributed by atoms with Gasteiger partial charge in [0.25, 0.3) is 0 Å². The van der Waals surface area contributed by atoms with E-state index in [9.17, 15) is 4.39 Å². The smallest absolute Gasteiger partial charge is 0.127 e. The van der Waals surface area contributed by atoms with Gasteiger partial charge in [-0.05, 0) is 40.0 Å². The number of hydrogen-bond donors (Lipinski definition) is 0. The third-order valence-electron chi connectivity index (χ3n) is 2.28. The molecule has 2 aromatic rings. The SMILES string of the molecule is CCc1c(F)ccc2cncc(Br)c12. The second kappa shape index (κ2) is 3.65. The number of nitrogens with zero attached hydrogens (tertiary/aromatic N) is 1. The zero-order chi connectivity index (χ0) is 10.1. The maximum atomic E-state index is 13.5. The fourth-order valence-corrected chi connectivity index (χ4v) is 2.21. The van der Waals surface area contributed by atoms with Gasteiger partial charge in [-0.25, -0.2) is 4.39 Å². The van der Waals surface area contributed by atoms with Crippen LogP contribution in [-0.4, -0.2) is 4.98 Å². The van der Waals surface area contributed by atoms with Crippen LogP contribution in [0, 0.1) is 5.82 Å². The van der Waals surface area contributed by atoms with E-state index in [1.807, 2.05) is 6.92 Å². The zero-order valence-corrected chi connectivity index (χ0v) is 9.31. The van der Waals surface area contributed by atoms with E-state index in [4.69, 9.17) is 0 Å². The molecule has 0 aliphatic carbocycles. The zero-order valence-electron chi connectivity index (χ0n) is 7.72. The lowest BCUT2D eigenvalue weighted by molar-refractivity contribution is 0.615. The second-order valence-corrected chi connectivity index (χ2v) is 3.95. The van der Waals surface area contributed by atoms with Gasteiger partial charge in [-0.3, -0.25) is 4.98 Å². The summed E-state index contributed by atoms with van der Waals surface area (Å²) in [5.41, 5.74) is 0.747. The van der Waals surface area contributed by atoms with E-state index in [1.54, 1.807) is 18.5 Å². The summed E-state index contributed by atoms with van der Waals surface area (Å²) in [6, 6.07) is 3.25. The first-order chi connectivity index (χ1) is 6.74. The van der Waals surface area contributed by atoms with E-state index in [2.05, 4.69) is 20.9 Å². The molecule has 1 nitrogen and oxygen atoms in total. The van der Waals surface area contributed by atoms with Crippen LogP contribution in [0.15, 0.2) is 29.0 Å². The van der Waals surface area contributed by atoms with Gasteiger partial charge in [0, 0.05) is 27.6 Å². The first-order valence-corrected chi connectivity index (χ1v) is 5.24. The molecule has 0 radical (unpaired) electrons. The van der Waals surface area contributed by atoms with Crippen LogP contribution in [0.1, 0.15) is 12.5 Å². The molecule has 0 N–H and O–H groups in total. The van der Waals surface area contributed by atoms with Crippen molar-refractivity contribution >= 4 is 26.7 Å². The standard InChI is InChI=1S/C11H9BrFN/c1-2-8-10(13)4-3-7-5-14-6-9(12)11(7)8/h3-6H,2H2,1H3. The molecule has 0 fully saturated rings. The minimum Gasteiger partial charge on any atom is -0.263 e. The third-order valence-corrected chi connectivity index (χ3v) is 2.88. The van der Waals surface area contributed by atoms with Gasteiger partial charge in [-0.1, -0.05) is 6.92 Å². The number of pyridine rings is 1. The number of halogens is 2. The molecule has 0 atom stereocenters. The third kappa shape index (κ3) is 1.42. The van der Waals surface area contributed by atoms with Crippen LogP contribution >= 0.6 is 15.9 Å². The molecule has 14 heavy (non-hydrogen) atoms. The van der Waals surface area contributed by atoms with Gasteiger partial charge in [-0.15, -0.1) is 0 Å². The van der Waals surface area contributed by atoms with E-state index in [0.29, 0.717) is 6.42 Å². The van der Waals surface area contributed by atoms with Gasteiger partial charge >= 0.3 is 0 Å². The van der Waals surface area contributed by atoms with Crippen LogP contribution < -0.4 is 0 Å². The Labute approximate surface area is 90.1 Å². The Kier molecular flexibility index (Phi) is 2.50. The Morgan fingerprint density at radius 3 is 2.86 bits per heavy atom. The van der Waals surface area contributed by atoms with Crippen molar-refractivity contribution in [2.45, 2.75) is 13.3 Å². The maximum absolute atomic E-state index is 13.5. The highest BCUT2D eigenvalue weighted by molar-refractivity contribution is 9.10. The number of aryl methyl sites for hydroxylation is 1. The van der Waals surface area contributed by atoms with Gasteiger partial charge in [0.2, 0.25) is 0 Å². The van der Waals surface area contributed by atoms with Crippen molar-refractivity contribution in [1.29, 1.82) is 0 Å². The van der Waals surface area contributed by atoms with Crippen molar-refractivity contribution in [2.75, 3.05) is 0 Å². The Morgan fingerprint density at radius 1 is 1.36 bits per heavy atom. The number of rotatable bonds is 1. The Morgan fingerprint density at radius 2 is 2.14 bits per heavy atom. The molecule has 0 amide bonds. The van der Waals surface area contributed by atoms with E-state index in [-0.39, 0.29) is 5.82 Å². The van der Waals surface area contributed by atoms with Crippen LogP contribution in [0.5, 0.6) is 0 Å². The number of hydrogen-bond acceptors (Lipinski definition) is 1. The van der Waals surface area contributed by atoms with Gasteiger partial charge in [0.1, 0.15) is 5.82 Å². The highest BCUT2D eigenvalue weighted by Crippen LogP contribution is 2.28. The summed E-state index contributed by atoms with van der Waals surface area (Å²) in [5, 5.41) is 1.90. The molecule has 0 bridgehead atoms. The van der Waals surface area contributed by atoms with Crippen LogP contribution in [0.3, 0.4) is 0 Å². The minimum atomic E-state index is -0.146. The quantitative estimate of drug-likeness (QED) is 0.756. The van der Waals surface area contributed by atoms with E-state index >= 15 is 0 Å². The van der Waals surface area contributed by atoms with Gasteiger partial charge in [-0.2, -0.15) is 0 Å². The van der Waals surface area contributed by atoms with Crippen molar-refractivity contribution in [1.82, 2.24) is 4.98 Å². The number of benzene rings is 1. The summed E-state index contributed by atoms with van der Waals surface area (Å²) >= 11 is 3.39. The number of fused-ring (bicyclic) bond motifs is 1. The Balaban J connectivity index is 2.91. The van der Waals surface area contributed by atoms with E-state index in [0.717, 1.165) is 20.8 Å². The first kappa shape index (κ1) is 9.59.